The van der Waals surface area contributed by atoms with E-state index < -0.39 is 6.10 Å². The summed E-state index contributed by atoms with van der Waals surface area (Å²) in [5.41, 5.74) is 0. The van der Waals surface area contributed by atoms with Gasteiger partial charge in [0, 0.05) is 19.3 Å². The van der Waals surface area contributed by atoms with Gasteiger partial charge in [-0.25, -0.2) is 0 Å². The van der Waals surface area contributed by atoms with Crippen LogP contribution >= 0.6 is 0 Å². The van der Waals surface area contributed by atoms with Crippen LogP contribution in [0, 0.1) is 0 Å². The second-order valence-electron chi connectivity index (χ2n) is 14.6. The first-order chi connectivity index (χ1) is 25.0. The van der Waals surface area contributed by atoms with Gasteiger partial charge in [0.1, 0.15) is 13.2 Å². The molecule has 0 aliphatic rings. The van der Waals surface area contributed by atoms with Crippen LogP contribution in [0.4, 0.5) is 0 Å². The van der Waals surface area contributed by atoms with Crippen LogP contribution in [0.1, 0.15) is 226 Å². The zero-order valence-corrected chi connectivity index (χ0v) is 33.9. The first kappa shape index (κ1) is 48.9. The lowest BCUT2D eigenvalue weighted by atomic mass is 10.1. The molecule has 0 spiro atoms. The van der Waals surface area contributed by atoms with Gasteiger partial charge in [-0.2, -0.15) is 0 Å². The number of rotatable bonds is 39. The SMILES string of the molecule is CCCC/C=C\C/C=C\CCCCCCCC(=O)OC[C@@H](COC(=O)CCCCCCCCCCC)OC(=O)CCCCCCCCCCCC. The van der Waals surface area contributed by atoms with Gasteiger partial charge >= 0.3 is 17.9 Å². The Morgan fingerprint density at radius 2 is 0.725 bits per heavy atom. The van der Waals surface area contributed by atoms with Crippen LogP contribution in [0.3, 0.4) is 0 Å². The predicted octanol–water partition coefficient (Wildman–Crippen LogP) is 13.6. The van der Waals surface area contributed by atoms with Crippen LogP contribution < -0.4 is 0 Å². The van der Waals surface area contributed by atoms with Crippen molar-refractivity contribution in [1.29, 1.82) is 0 Å². The van der Waals surface area contributed by atoms with Gasteiger partial charge in [-0.15, -0.1) is 0 Å². The van der Waals surface area contributed by atoms with Crippen molar-refractivity contribution in [2.75, 3.05) is 13.2 Å². The molecule has 0 fully saturated rings. The minimum absolute atomic E-state index is 0.0725. The summed E-state index contributed by atoms with van der Waals surface area (Å²) in [6.45, 7) is 6.55. The maximum atomic E-state index is 12.6. The highest BCUT2D eigenvalue weighted by Crippen LogP contribution is 2.14. The standard InChI is InChI=1S/C45H82O6/c1-4-7-10-13-16-19-21-22-23-24-27-29-32-35-38-44(47)50-41-42(40-49-43(46)37-34-31-28-25-18-15-12-9-6-3)51-45(48)39-36-33-30-26-20-17-14-11-8-5-2/h13,16,21-22,42H,4-12,14-15,17-20,23-41H2,1-3H3/b16-13-,22-21-/t42-/m1/s1. The Labute approximate surface area is 315 Å². The van der Waals surface area contributed by atoms with Gasteiger partial charge in [0.05, 0.1) is 0 Å². The molecule has 0 rings (SSSR count). The van der Waals surface area contributed by atoms with E-state index in [2.05, 4.69) is 45.1 Å². The monoisotopic (exact) mass is 719 g/mol. The Kier molecular flexibility index (Phi) is 39.0. The van der Waals surface area contributed by atoms with Gasteiger partial charge in [-0.1, -0.05) is 186 Å². The molecule has 0 aromatic rings. The Morgan fingerprint density at radius 3 is 1.14 bits per heavy atom. The molecular weight excluding hydrogens is 636 g/mol. The highest BCUT2D eigenvalue weighted by atomic mass is 16.6. The van der Waals surface area contributed by atoms with Crippen molar-refractivity contribution in [3.05, 3.63) is 24.3 Å². The number of unbranched alkanes of at least 4 members (excludes halogenated alkanes) is 24. The number of ether oxygens (including phenoxy) is 3. The molecular formula is C45H82O6. The second-order valence-corrected chi connectivity index (χ2v) is 14.6. The third-order valence-electron chi connectivity index (χ3n) is 9.46. The average Bonchev–Trinajstić information content (AvgIpc) is 3.12. The van der Waals surface area contributed by atoms with Crippen molar-refractivity contribution in [2.24, 2.45) is 0 Å². The van der Waals surface area contributed by atoms with Gasteiger partial charge in [0.15, 0.2) is 6.10 Å². The van der Waals surface area contributed by atoms with Crippen LogP contribution in [0.5, 0.6) is 0 Å². The fraction of sp³-hybridized carbons (Fsp3) is 0.844. The Bertz CT molecular complexity index is 835. The molecule has 0 unspecified atom stereocenters. The number of carbonyl (C=O) groups excluding carboxylic acids is 3. The van der Waals surface area contributed by atoms with Gasteiger partial charge in [-0.3, -0.25) is 14.4 Å². The Hall–Kier alpha value is -2.11. The molecule has 0 bridgehead atoms. The molecule has 6 nitrogen and oxygen atoms in total. The smallest absolute Gasteiger partial charge is 0.306 e. The fourth-order valence-electron chi connectivity index (χ4n) is 6.10. The molecule has 0 N–H and O–H groups in total. The van der Waals surface area contributed by atoms with E-state index in [1.165, 1.54) is 109 Å². The minimum atomic E-state index is -0.767. The van der Waals surface area contributed by atoms with E-state index in [9.17, 15) is 14.4 Å². The van der Waals surface area contributed by atoms with Gasteiger partial charge in [0.2, 0.25) is 0 Å². The average molecular weight is 719 g/mol. The molecule has 0 aromatic carbocycles. The molecule has 0 radical (unpaired) electrons. The van der Waals surface area contributed by atoms with Crippen molar-refractivity contribution in [3.63, 3.8) is 0 Å². The van der Waals surface area contributed by atoms with Crippen molar-refractivity contribution in [1.82, 2.24) is 0 Å². The van der Waals surface area contributed by atoms with Crippen LogP contribution in [-0.4, -0.2) is 37.2 Å². The largest absolute Gasteiger partial charge is 0.462 e. The van der Waals surface area contributed by atoms with Crippen LogP contribution in [0.15, 0.2) is 24.3 Å². The number of hydrogen-bond acceptors (Lipinski definition) is 6. The van der Waals surface area contributed by atoms with Gasteiger partial charge < -0.3 is 14.2 Å². The third-order valence-corrected chi connectivity index (χ3v) is 9.46. The van der Waals surface area contributed by atoms with Crippen LogP contribution in [0.25, 0.3) is 0 Å². The summed E-state index contributed by atoms with van der Waals surface area (Å²) in [5, 5.41) is 0. The first-order valence-corrected chi connectivity index (χ1v) is 21.8. The Balaban J connectivity index is 4.35. The van der Waals surface area contributed by atoms with E-state index in [0.717, 1.165) is 77.0 Å². The lowest BCUT2D eigenvalue weighted by Gasteiger charge is -2.18. The van der Waals surface area contributed by atoms with Crippen molar-refractivity contribution in [2.45, 2.75) is 232 Å². The quantitative estimate of drug-likeness (QED) is 0.0272. The molecule has 1 atom stereocenters. The second kappa shape index (κ2) is 40.7. The summed E-state index contributed by atoms with van der Waals surface area (Å²) in [4.78, 5) is 37.6. The highest BCUT2D eigenvalue weighted by molar-refractivity contribution is 5.71. The van der Waals surface area contributed by atoms with E-state index >= 15 is 0 Å². The lowest BCUT2D eigenvalue weighted by molar-refractivity contribution is -0.167. The molecule has 0 aliphatic heterocycles. The molecule has 0 aliphatic carbocycles. The molecule has 298 valence electrons. The zero-order chi connectivity index (χ0) is 37.3. The van der Waals surface area contributed by atoms with Crippen LogP contribution in [-0.2, 0) is 28.6 Å². The number of allylic oxidation sites excluding steroid dienone is 4. The molecule has 0 saturated carbocycles. The Morgan fingerprint density at radius 1 is 0.392 bits per heavy atom. The van der Waals surface area contributed by atoms with E-state index in [0.29, 0.717) is 19.3 Å². The molecule has 6 heteroatoms. The molecule has 0 amide bonds. The fourth-order valence-corrected chi connectivity index (χ4v) is 6.10. The van der Waals surface area contributed by atoms with Gasteiger partial charge in [0.25, 0.3) is 0 Å². The van der Waals surface area contributed by atoms with Crippen molar-refractivity contribution in [3.8, 4) is 0 Å². The maximum absolute atomic E-state index is 12.6. The van der Waals surface area contributed by atoms with Crippen molar-refractivity contribution >= 4 is 17.9 Å². The topological polar surface area (TPSA) is 78.9 Å². The maximum Gasteiger partial charge on any atom is 0.306 e. The predicted molar refractivity (Wildman–Crippen MR) is 215 cm³/mol. The highest BCUT2D eigenvalue weighted by Gasteiger charge is 2.19. The summed E-state index contributed by atoms with van der Waals surface area (Å²) in [5.74, 6) is -0.889. The molecule has 0 aromatic heterocycles. The summed E-state index contributed by atoms with van der Waals surface area (Å²) in [6.07, 6.45) is 43.0. The summed E-state index contributed by atoms with van der Waals surface area (Å²) < 4.78 is 16.6. The van der Waals surface area contributed by atoms with E-state index in [-0.39, 0.29) is 31.1 Å². The molecule has 51 heavy (non-hydrogen) atoms. The van der Waals surface area contributed by atoms with E-state index in [1.807, 2.05) is 0 Å². The van der Waals surface area contributed by atoms with Crippen molar-refractivity contribution < 1.29 is 28.6 Å². The van der Waals surface area contributed by atoms with E-state index in [1.54, 1.807) is 0 Å². The lowest BCUT2D eigenvalue weighted by Crippen LogP contribution is -2.30. The summed E-state index contributed by atoms with van der Waals surface area (Å²) in [6, 6.07) is 0. The molecule has 0 heterocycles. The van der Waals surface area contributed by atoms with Crippen LogP contribution in [0.2, 0.25) is 0 Å². The number of hydrogen-bond donors (Lipinski definition) is 0. The minimum Gasteiger partial charge on any atom is -0.462 e. The summed E-state index contributed by atoms with van der Waals surface area (Å²) >= 11 is 0. The van der Waals surface area contributed by atoms with E-state index in [4.69, 9.17) is 14.2 Å². The zero-order valence-electron chi connectivity index (χ0n) is 33.9. The number of carbonyl (C=O) groups is 3. The summed E-state index contributed by atoms with van der Waals surface area (Å²) in [7, 11) is 0. The molecule has 0 saturated heterocycles. The number of esters is 3. The first-order valence-electron chi connectivity index (χ1n) is 21.8. The normalized spacial score (nSPS) is 12.1. The third kappa shape index (κ3) is 38.9. The van der Waals surface area contributed by atoms with Gasteiger partial charge in [-0.05, 0) is 44.9 Å².